The smallest absolute Gasteiger partial charge is 0.252 e. The van der Waals surface area contributed by atoms with Crippen molar-refractivity contribution in [1.82, 2.24) is 5.32 Å². The zero-order chi connectivity index (χ0) is 15.6. The van der Waals surface area contributed by atoms with E-state index in [1.807, 2.05) is 6.92 Å². The van der Waals surface area contributed by atoms with Gasteiger partial charge in [-0.15, -0.1) is 0 Å². The summed E-state index contributed by atoms with van der Waals surface area (Å²) in [6.45, 7) is 3.74. The molecule has 1 unspecified atom stereocenters. The van der Waals surface area contributed by atoms with E-state index in [9.17, 15) is 14.0 Å². The molecule has 0 saturated carbocycles. The molecule has 0 radical (unpaired) electrons. The molecule has 1 atom stereocenters. The largest absolute Gasteiger partial charge is 0.494 e. The minimum Gasteiger partial charge on any atom is -0.494 e. The highest BCUT2D eigenvalue weighted by molar-refractivity contribution is 6.04. The third-order valence-electron chi connectivity index (χ3n) is 3.85. The van der Waals surface area contributed by atoms with Gasteiger partial charge in [-0.25, -0.2) is 4.39 Å². The number of nitrogens with zero attached hydrogens (tertiary/aromatic N) is 1. The summed E-state index contributed by atoms with van der Waals surface area (Å²) in [6, 6.07) is 4.34. The van der Waals surface area contributed by atoms with Crippen LogP contribution >= 0.6 is 0 Å². The number of benzene rings is 1. The standard InChI is InChI=1S/C15H19FN2O3/c1-4-15(2)14(20)18(8-7-13(19)17-15)10-5-6-12(21-3)11(16)9-10/h5-6,9H,4,7-8H2,1-3H3,(H,17,19). The molecule has 1 heterocycles. The molecule has 21 heavy (non-hydrogen) atoms. The summed E-state index contributed by atoms with van der Waals surface area (Å²) >= 11 is 0. The summed E-state index contributed by atoms with van der Waals surface area (Å²) in [5.41, 5.74) is -0.543. The maximum atomic E-state index is 13.8. The second kappa shape index (κ2) is 5.71. The van der Waals surface area contributed by atoms with Gasteiger partial charge in [-0.3, -0.25) is 9.59 Å². The Hall–Kier alpha value is -2.11. The van der Waals surface area contributed by atoms with Gasteiger partial charge in [-0.1, -0.05) is 6.92 Å². The first kappa shape index (κ1) is 15.3. The molecular weight excluding hydrogens is 275 g/mol. The fraction of sp³-hybridized carbons (Fsp3) is 0.467. The average molecular weight is 294 g/mol. The Kier molecular flexibility index (Phi) is 4.16. The first-order chi connectivity index (χ1) is 9.91. The molecule has 2 rings (SSSR count). The van der Waals surface area contributed by atoms with Crippen molar-refractivity contribution in [2.24, 2.45) is 0 Å². The van der Waals surface area contributed by atoms with E-state index in [0.717, 1.165) is 0 Å². The highest BCUT2D eigenvalue weighted by Gasteiger charge is 2.39. The van der Waals surface area contributed by atoms with Gasteiger partial charge in [-0.05, 0) is 25.5 Å². The Morgan fingerprint density at radius 2 is 2.14 bits per heavy atom. The normalized spacial score (nSPS) is 22.8. The van der Waals surface area contributed by atoms with Gasteiger partial charge >= 0.3 is 0 Å². The van der Waals surface area contributed by atoms with Gasteiger partial charge in [-0.2, -0.15) is 0 Å². The molecule has 1 N–H and O–H groups in total. The minimum atomic E-state index is -0.968. The summed E-state index contributed by atoms with van der Waals surface area (Å²) in [4.78, 5) is 25.9. The van der Waals surface area contributed by atoms with E-state index in [2.05, 4.69) is 5.32 Å². The van der Waals surface area contributed by atoms with E-state index in [1.54, 1.807) is 13.0 Å². The van der Waals surface area contributed by atoms with Crippen LogP contribution in [0.3, 0.4) is 0 Å². The van der Waals surface area contributed by atoms with Crippen LogP contribution in [0.4, 0.5) is 10.1 Å². The van der Waals surface area contributed by atoms with Gasteiger partial charge in [0, 0.05) is 24.7 Å². The second-order valence-electron chi connectivity index (χ2n) is 5.26. The number of hydrogen-bond donors (Lipinski definition) is 1. The SMILES string of the molecule is CCC1(C)NC(=O)CCN(c2ccc(OC)c(F)c2)C1=O. The predicted molar refractivity (Wildman–Crippen MR) is 76.8 cm³/mol. The molecule has 0 bridgehead atoms. The molecule has 1 aliphatic rings. The van der Waals surface area contributed by atoms with Crippen LogP contribution < -0.4 is 15.0 Å². The highest BCUT2D eigenvalue weighted by atomic mass is 19.1. The van der Waals surface area contributed by atoms with Crippen LogP contribution in [0.1, 0.15) is 26.7 Å². The fourth-order valence-electron chi connectivity index (χ4n) is 2.35. The molecule has 5 nitrogen and oxygen atoms in total. The Morgan fingerprint density at radius 3 is 2.71 bits per heavy atom. The molecular formula is C15H19FN2O3. The number of carbonyl (C=O) groups is 2. The number of anilines is 1. The van der Waals surface area contributed by atoms with E-state index in [1.165, 1.54) is 24.1 Å². The first-order valence-electron chi connectivity index (χ1n) is 6.88. The van der Waals surface area contributed by atoms with Crippen molar-refractivity contribution >= 4 is 17.5 Å². The monoisotopic (exact) mass is 294 g/mol. The summed E-state index contributed by atoms with van der Waals surface area (Å²) < 4.78 is 18.7. The van der Waals surface area contributed by atoms with Crippen molar-refractivity contribution in [3.63, 3.8) is 0 Å². The predicted octanol–water partition coefficient (Wildman–Crippen LogP) is 1.86. The average Bonchev–Trinajstić information content (AvgIpc) is 2.57. The molecule has 1 fully saturated rings. The van der Waals surface area contributed by atoms with Crippen LogP contribution in [-0.2, 0) is 9.59 Å². The van der Waals surface area contributed by atoms with Crippen LogP contribution in [0.2, 0.25) is 0 Å². The second-order valence-corrected chi connectivity index (χ2v) is 5.26. The molecule has 2 amide bonds. The fourth-order valence-corrected chi connectivity index (χ4v) is 2.35. The van der Waals surface area contributed by atoms with E-state index in [4.69, 9.17) is 4.74 Å². The topological polar surface area (TPSA) is 58.6 Å². The van der Waals surface area contributed by atoms with Crippen molar-refractivity contribution in [3.8, 4) is 5.75 Å². The van der Waals surface area contributed by atoms with Gasteiger partial charge in [0.25, 0.3) is 5.91 Å². The van der Waals surface area contributed by atoms with Gasteiger partial charge in [0.2, 0.25) is 5.91 Å². The molecule has 0 aromatic heterocycles. The molecule has 6 heteroatoms. The van der Waals surface area contributed by atoms with Gasteiger partial charge in [0.05, 0.1) is 7.11 Å². The van der Waals surface area contributed by atoms with E-state index in [-0.39, 0.29) is 30.5 Å². The van der Waals surface area contributed by atoms with Crippen LogP contribution in [0.5, 0.6) is 5.75 Å². The van der Waals surface area contributed by atoms with Gasteiger partial charge in [0.15, 0.2) is 11.6 Å². The van der Waals surface area contributed by atoms with Crippen molar-refractivity contribution in [1.29, 1.82) is 0 Å². The molecule has 1 saturated heterocycles. The summed E-state index contributed by atoms with van der Waals surface area (Å²) in [7, 11) is 1.38. The van der Waals surface area contributed by atoms with Gasteiger partial charge in [0.1, 0.15) is 5.54 Å². The summed E-state index contributed by atoms with van der Waals surface area (Å²) in [6.07, 6.45) is 0.654. The Labute approximate surface area is 123 Å². The van der Waals surface area contributed by atoms with Crippen LogP contribution in [-0.4, -0.2) is 31.0 Å². The molecule has 0 aliphatic carbocycles. The number of nitrogens with one attached hydrogen (secondary N) is 1. The third kappa shape index (κ3) is 2.84. The van der Waals surface area contributed by atoms with Crippen LogP contribution in [0.15, 0.2) is 18.2 Å². The summed E-state index contributed by atoms with van der Waals surface area (Å²) in [5, 5.41) is 2.74. The van der Waals surface area contributed by atoms with Crippen LogP contribution in [0, 0.1) is 5.82 Å². The molecule has 114 valence electrons. The lowest BCUT2D eigenvalue weighted by atomic mass is 9.97. The summed E-state index contributed by atoms with van der Waals surface area (Å²) in [5.74, 6) is -0.831. The van der Waals surface area contributed by atoms with Crippen LogP contribution in [0.25, 0.3) is 0 Å². The van der Waals surface area contributed by atoms with E-state index >= 15 is 0 Å². The molecule has 1 aromatic rings. The maximum Gasteiger partial charge on any atom is 0.252 e. The highest BCUT2D eigenvalue weighted by Crippen LogP contribution is 2.27. The number of carbonyl (C=O) groups excluding carboxylic acids is 2. The lowest BCUT2D eigenvalue weighted by Gasteiger charge is -2.31. The maximum absolute atomic E-state index is 13.8. The molecule has 1 aromatic carbocycles. The Balaban J connectivity index is 2.39. The lowest BCUT2D eigenvalue weighted by Crippen LogP contribution is -2.54. The number of halogens is 1. The van der Waals surface area contributed by atoms with Crippen molar-refractivity contribution in [2.75, 3.05) is 18.6 Å². The van der Waals surface area contributed by atoms with Crippen molar-refractivity contribution < 1.29 is 18.7 Å². The Morgan fingerprint density at radius 1 is 1.43 bits per heavy atom. The quantitative estimate of drug-likeness (QED) is 0.925. The molecule has 0 spiro atoms. The van der Waals surface area contributed by atoms with E-state index < -0.39 is 11.4 Å². The minimum absolute atomic E-state index is 0.119. The molecule has 1 aliphatic heterocycles. The van der Waals surface area contributed by atoms with Gasteiger partial charge < -0.3 is 15.0 Å². The Bertz CT molecular complexity index is 576. The zero-order valence-electron chi connectivity index (χ0n) is 12.4. The number of methoxy groups -OCH3 is 1. The number of amides is 2. The number of rotatable bonds is 3. The number of hydrogen-bond acceptors (Lipinski definition) is 3. The lowest BCUT2D eigenvalue weighted by molar-refractivity contribution is -0.129. The van der Waals surface area contributed by atoms with E-state index in [0.29, 0.717) is 12.1 Å². The van der Waals surface area contributed by atoms with Crippen molar-refractivity contribution in [3.05, 3.63) is 24.0 Å². The van der Waals surface area contributed by atoms with Crippen molar-refractivity contribution in [2.45, 2.75) is 32.2 Å². The third-order valence-corrected chi connectivity index (χ3v) is 3.85. The number of ether oxygens (including phenoxy) is 1. The zero-order valence-corrected chi connectivity index (χ0v) is 12.4. The first-order valence-corrected chi connectivity index (χ1v) is 6.88.